The Hall–Kier alpha value is -3.59. The number of imide groups is 1. The summed E-state index contributed by atoms with van der Waals surface area (Å²) in [5.41, 5.74) is 2.29. The molecule has 150 valence electrons. The van der Waals surface area contributed by atoms with Crippen molar-refractivity contribution in [3.05, 3.63) is 65.0 Å². The molecule has 1 fully saturated rings. The predicted octanol–water partition coefficient (Wildman–Crippen LogP) is 3.19. The van der Waals surface area contributed by atoms with Crippen LogP contribution in [-0.4, -0.2) is 39.0 Å². The molecule has 3 aromatic rings. The summed E-state index contributed by atoms with van der Waals surface area (Å²) in [4.78, 5) is 31.3. The molecule has 0 spiro atoms. The van der Waals surface area contributed by atoms with Gasteiger partial charge in [0.05, 0.1) is 5.69 Å². The summed E-state index contributed by atoms with van der Waals surface area (Å²) in [7, 11) is 0. The molecule has 9 nitrogen and oxygen atoms in total. The molecule has 1 aromatic heterocycles. The third kappa shape index (κ3) is 3.03. The first-order chi connectivity index (χ1) is 14.5. The van der Waals surface area contributed by atoms with Crippen molar-refractivity contribution < 1.29 is 14.1 Å². The Kier molecular flexibility index (Phi) is 4.32. The largest absolute Gasteiger partial charge is 0.337 e. The summed E-state index contributed by atoms with van der Waals surface area (Å²) in [5, 5.41) is 14.0. The summed E-state index contributed by atoms with van der Waals surface area (Å²) in [6.07, 6.45) is 0. The van der Waals surface area contributed by atoms with Gasteiger partial charge in [0.15, 0.2) is 12.1 Å². The van der Waals surface area contributed by atoms with E-state index in [1.165, 1.54) is 5.01 Å². The minimum atomic E-state index is -0.877. The number of benzene rings is 2. The Morgan fingerprint density at radius 3 is 2.50 bits per heavy atom. The van der Waals surface area contributed by atoms with Gasteiger partial charge >= 0.3 is 0 Å². The van der Waals surface area contributed by atoms with Crippen LogP contribution in [0.4, 0.5) is 5.69 Å². The number of fused-ring (bicyclic) bond motifs is 1. The van der Waals surface area contributed by atoms with E-state index in [1.54, 1.807) is 36.4 Å². The van der Waals surface area contributed by atoms with Gasteiger partial charge in [-0.2, -0.15) is 10.1 Å². The Balaban J connectivity index is 1.36. The average molecular weight is 423 g/mol. The van der Waals surface area contributed by atoms with Gasteiger partial charge in [0.2, 0.25) is 11.7 Å². The van der Waals surface area contributed by atoms with Crippen LogP contribution < -0.4 is 4.90 Å². The van der Waals surface area contributed by atoms with Crippen LogP contribution in [-0.2, 0) is 16.1 Å². The lowest BCUT2D eigenvalue weighted by molar-refractivity contribution is -0.123. The number of amides is 2. The van der Waals surface area contributed by atoms with Gasteiger partial charge in [0.25, 0.3) is 11.8 Å². The van der Waals surface area contributed by atoms with E-state index >= 15 is 0 Å². The van der Waals surface area contributed by atoms with Gasteiger partial charge in [-0.3, -0.25) is 14.6 Å². The molecule has 3 heterocycles. The molecule has 2 amide bonds. The maximum absolute atomic E-state index is 13.0. The second-order valence-corrected chi connectivity index (χ2v) is 7.49. The number of hydrogen-bond donors (Lipinski definition) is 0. The van der Waals surface area contributed by atoms with Crippen molar-refractivity contribution in [3.63, 3.8) is 0 Å². The Labute approximate surface area is 175 Å². The van der Waals surface area contributed by atoms with Crippen molar-refractivity contribution in [1.82, 2.24) is 15.1 Å². The highest BCUT2D eigenvalue weighted by Crippen LogP contribution is 2.33. The summed E-state index contributed by atoms with van der Waals surface area (Å²) in [5.74, 6) is -0.123. The van der Waals surface area contributed by atoms with Gasteiger partial charge in [-0.25, -0.2) is 4.90 Å². The molecule has 0 radical (unpaired) electrons. The highest BCUT2D eigenvalue weighted by molar-refractivity contribution is 6.30. The fourth-order valence-corrected chi connectivity index (χ4v) is 3.60. The predicted molar refractivity (Wildman–Crippen MR) is 106 cm³/mol. The highest BCUT2D eigenvalue weighted by Gasteiger charge is 2.55. The summed E-state index contributed by atoms with van der Waals surface area (Å²) in [6.45, 7) is 2.00. The zero-order valence-electron chi connectivity index (χ0n) is 15.8. The van der Waals surface area contributed by atoms with Gasteiger partial charge < -0.3 is 4.52 Å². The lowest BCUT2D eigenvalue weighted by Crippen LogP contribution is -2.39. The fourth-order valence-electron chi connectivity index (χ4n) is 3.48. The van der Waals surface area contributed by atoms with E-state index in [0.29, 0.717) is 16.5 Å². The standard InChI is InChI=1S/C20H15ClN6O3/c1-11-2-8-14(9-3-11)27-19(28)16-17(20(27)29)26(25-23-16)10-15-22-18(24-30-15)12-4-6-13(21)7-5-12/h2-9,16-17H,10H2,1H3/t16-,17+/m0/s1. The second kappa shape index (κ2) is 7.03. The van der Waals surface area contributed by atoms with E-state index in [4.69, 9.17) is 16.1 Å². The Morgan fingerprint density at radius 1 is 1.03 bits per heavy atom. The molecule has 1 saturated heterocycles. The first kappa shape index (κ1) is 18.4. The zero-order valence-corrected chi connectivity index (χ0v) is 16.5. The molecule has 2 aliphatic heterocycles. The van der Waals surface area contributed by atoms with E-state index in [-0.39, 0.29) is 18.3 Å². The van der Waals surface area contributed by atoms with Crippen LogP contribution in [0.15, 0.2) is 63.4 Å². The topological polar surface area (TPSA) is 104 Å². The van der Waals surface area contributed by atoms with Gasteiger partial charge in [-0.05, 0) is 43.3 Å². The normalized spacial score (nSPS) is 20.3. The van der Waals surface area contributed by atoms with E-state index in [9.17, 15) is 9.59 Å². The fraction of sp³-hybridized carbons (Fsp3) is 0.200. The van der Waals surface area contributed by atoms with Gasteiger partial charge in [-0.15, -0.1) is 0 Å². The molecule has 2 aromatic carbocycles. The van der Waals surface area contributed by atoms with Gasteiger partial charge in [-0.1, -0.05) is 39.7 Å². The summed E-state index contributed by atoms with van der Waals surface area (Å²) < 4.78 is 5.30. The van der Waals surface area contributed by atoms with E-state index in [1.807, 2.05) is 19.1 Å². The number of aryl methyl sites for hydroxylation is 1. The molecular weight excluding hydrogens is 408 g/mol. The lowest BCUT2D eigenvalue weighted by atomic mass is 10.1. The van der Waals surface area contributed by atoms with Crippen molar-refractivity contribution in [1.29, 1.82) is 0 Å². The zero-order chi connectivity index (χ0) is 20.8. The van der Waals surface area contributed by atoms with Crippen molar-refractivity contribution in [2.45, 2.75) is 25.6 Å². The van der Waals surface area contributed by atoms with E-state index < -0.39 is 18.0 Å². The van der Waals surface area contributed by atoms with Crippen LogP contribution in [0.3, 0.4) is 0 Å². The van der Waals surface area contributed by atoms with Crippen molar-refractivity contribution in [2.24, 2.45) is 10.3 Å². The van der Waals surface area contributed by atoms with Gasteiger partial charge in [0.1, 0.15) is 6.54 Å². The van der Waals surface area contributed by atoms with Crippen molar-refractivity contribution >= 4 is 29.1 Å². The third-order valence-electron chi connectivity index (χ3n) is 5.02. The SMILES string of the molecule is Cc1ccc(N2C(=O)[C@H]3N=NN(Cc4nc(-c5ccc(Cl)cc5)no4)[C@H]3C2=O)cc1. The van der Waals surface area contributed by atoms with Crippen LogP contribution in [0.5, 0.6) is 0 Å². The number of carbonyl (C=O) groups is 2. The Morgan fingerprint density at radius 2 is 1.77 bits per heavy atom. The maximum Gasteiger partial charge on any atom is 0.263 e. The molecule has 0 saturated carbocycles. The average Bonchev–Trinajstić information content (AvgIpc) is 3.43. The number of hydrogen-bond acceptors (Lipinski definition) is 8. The van der Waals surface area contributed by atoms with Crippen molar-refractivity contribution in [2.75, 3.05) is 4.90 Å². The molecule has 0 aliphatic carbocycles. The van der Waals surface area contributed by atoms with E-state index in [2.05, 4.69) is 20.5 Å². The lowest BCUT2D eigenvalue weighted by Gasteiger charge is -2.19. The highest BCUT2D eigenvalue weighted by atomic mass is 35.5. The molecule has 30 heavy (non-hydrogen) atoms. The molecule has 0 unspecified atom stereocenters. The van der Waals surface area contributed by atoms with Crippen LogP contribution in [0.25, 0.3) is 11.4 Å². The molecule has 10 heteroatoms. The number of anilines is 1. The smallest absolute Gasteiger partial charge is 0.263 e. The van der Waals surface area contributed by atoms with Gasteiger partial charge in [0, 0.05) is 10.6 Å². The third-order valence-corrected chi connectivity index (χ3v) is 5.27. The quantitative estimate of drug-likeness (QED) is 0.598. The first-order valence-electron chi connectivity index (χ1n) is 9.22. The maximum atomic E-state index is 13.0. The number of halogens is 1. The number of aromatic nitrogens is 2. The molecular formula is C20H15ClN6O3. The minimum Gasteiger partial charge on any atom is -0.337 e. The molecule has 0 N–H and O–H groups in total. The number of carbonyl (C=O) groups excluding carboxylic acids is 2. The number of rotatable bonds is 4. The van der Waals surface area contributed by atoms with Crippen LogP contribution in [0.1, 0.15) is 11.5 Å². The molecule has 5 rings (SSSR count). The van der Waals surface area contributed by atoms with Crippen LogP contribution in [0, 0.1) is 6.92 Å². The van der Waals surface area contributed by atoms with Crippen molar-refractivity contribution in [3.8, 4) is 11.4 Å². The molecule has 2 atom stereocenters. The van der Waals surface area contributed by atoms with Crippen LogP contribution >= 0.6 is 11.6 Å². The summed E-state index contributed by atoms with van der Waals surface area (Å²) >= 11 is 5.90. The molecule has 0 bridgehead atoms. The number of nitrogens with zero attached hydrogens (tertiary/aromatic N) is 6. The monoisotopic (exact) mass is 422 g/mol. The van der Waals surface area contributed by atoms with E-state index in [0.717, 1.165) is 16.0 Å². The first-order valence-corrected chi connectivity index (χ1v) is 9.59. The second-order valence-electron chi connectivity index (χ2n) is 7.06. The molecule has 2 aliphatic rings. The van der Waals surface area contributed by atoms with Crippen LogP contribution in [0.2, 0.25) is 5.02 Å². The Bertz CT molecular complexity index is 1160. The summed E-state index contributed by atoms with van der Waals surface area (Å²) in [6, 6.07) is 12.5. The minimum absolute atomic E-state index is 0.0615.